The van der Waals surface area contributed by atoms with Crippen molar-refractivity contribution < 1.29 is 9.53 Å². The molecule has 0 aliphatic rings. The Hall–Kier alpha value is -2.20. The van der Waals surface area contributed by atoms with Crippen LogP contribution in [0, 0.1) is 13.8 Å². The number of benzene rings is 1. The Bertz CT molecular complexity index is 898. The van der Waals surface area contributed by atoms with Gasteiger partial charge >= 0.3 is 5.97 Å². The molecule has 0 N–H and O–H groups in total. The van der Waals surface area contributed by atoms with Crippen LogP contribution in [0.2, 0.25) is 0 Å². The zero-order valence-corrected chi connectivity index (χ0v) is 15.8. The molecule has 0 amide bonds. The van der Waals surface area contributed by atoms with Crippen LogP contribution in [0.5, 0.6) is 0 Å². The number of aryl methyl sites for hydroxylation is 4. The van der Waals surface area contributed by atoms with Gasteiger partial charge in [0.2, 0.25) is 0 Å². The molecule has 130 valence electrons. The number of fused-ring (bicyclic) bond motifs is 1. The van der Waals surface area contributed by atoms with E-state index < -0.39 is 0 Å². The summed E-state index contributed by atoms with van der Waals surface area (Å²) < 4.78 is 6.29. The lowest BCUT2D eigenvalue weighted by Crippen LogP contribution is -2.06. The largest absolute Gasteiger partial charge is 0.466 e. The summed E-state index contributed by atoms with van der Waals surface area (Å²) in [6.07, 6.45) is 2.33. The van der Waals surface area contributed by atoms with Gasteiger partial charge in [0.25, 0.3) is 0 Å². The summed E-state index contributed by atoms with van der Waals surface area (Å²) in [5, 5.41) is 3.23. The molecular formula is C21H23NO2S. The predicted molar refractivity (Wildman–Crippen MR) is 103 cm³/mol. The Morgan fingerprint density at radius 3 is 2.72 bits per heavy atom. The maximum absolute atomic E-state index is 11.7. The van der Waals surface area contributed by atoms with Crippen LogP contribution in [0.3, 0.4) is 0 Å². The van der Waals surface area contributed by atoms with Gasteiger partial charge in [0.1, 0.15) is 0 Å². The van der Waals surface area contributed by atoms with Crippen molar-refractivity contribution in [3.05, 3.63) is 63.8 Å². The number of rotatable bonds is 6. The first-order valence-electron chi connectivity index (χ1n) is 8.64. The van der Waals surface area contributed by atoms with Gasteiger partial charge in [0.15, 0.2) is 0 Å². The van der Waals surface area contributed by atoms with Crippen LogP contribution in [0.15, 0.2) is 35.7 Å². The van der Waals surface area contributed by atoms with Gasteiger partial charge in [-0.15, -0.1) is 11.3 Å². The van der Waals surface area contributed by atoms with Crippen molar-refractivity contribution in [1.82, 2.24) is 4.98 Å². The van der Waals surface area contributed by atoms with Gasteiger partial charge < -0.3 is 4.74 Å². The second kappa shape index (κ2) is 7.79. The average Bonchev–Trinajstić information content (AvgIpc) is 2.96. The van der Waals surface area contributed by atoms with E-state index >= 15 is 0 Å². The lowest BCUT2D eigenvalue weighted by atomic mass is 10.0. The number of carbonyl (C=O) groups is 1. The van der Waals surface area contributed by atoms with Crippen molar-refractivity contribution in [2.24, 2.45) is 0 Å². The first-order chi connectivity index (χ1) is 12.1. The van der Waals surface area contributed by atoms with Crippen LogP contribution >= 0.6 is 11.3 Å². The van der Waals surface area contributed by atoms with Gasteiger partial charge in [0.05, 0.1) is 13.0 Å². The maximum atomic E-state index is 11.7. The van der Waals surface area contributed by atoms with Crippen LogP contribution in [0.4, 0.5) is 0 Å². The van der Waals surface area contributed by atoms with Crippen LogP contribution in [-0.2, 0) is 28.8 Å². The highest BCUT2D eigenvalue weighted by atomic mass is 32.1. The molecule has 0 fully saturated rings. The number of hydrogen-bond donors (Lipinski definition) is 0. The fourth-order valence-electron chi connectivity index (χ4n) is 3.05. The maximum Gasteiger partial charge on any atom is 0.310 e. The van der Waals surface area contributed by atoms with E-state index in [9.17, 15) is 4.79 Å². The Labute approximate surface area is 152 Å². The minimum atomic E-state index is -0.159. The summed E-state index contributed by atoms with van der Waals surface area (Å²) in [6, 6.07) is 10.8. The Kier molecular flexibility index (Phi) is 5.49. The minimum absolute atomic E-state index is 0.159. The Balaban J connectivity index is 1.72. The van der Waals surface area contributed by atoms with E-state index in [1.54, 1.807) is 11.3 Å². The summed E-state index contributed by atoms with van der Waals surface area (Å²) in [7, 11) is 0. The third kappa shape index (κ3) is 4.26. The monoisotopic (exact) mass is 353 g/mol. The van der Waals surface area contributed by atoms with Crippen molar-refractivity contribution in [3.8, 4) is 0 Å². The zero-order valence-electron chi connectivity index (χ0n) is 15.0. The SMILES string of the molecule is CCOC(=O)Cc1csc2cc(CCc3ccc(C)nc3C)ccc12. The quantitative estimate of drug-likeness (QED) is 0.597. The van der Waals surface area contributed by atoms with Crippen LogP contribution in [-0.4, -0.2) is 17.6 Å². The molecule has 0 atom stereocenters. The molecule has 1 aromatic carbocycles. The molecule has 0 aliphatic heterocycles. The van der Waals surface area contributed by atoms with Gasteiger partial charge in [0, 0.05) is 16.1 Å². The molecule has 3 rings (SSSR count). The van der Waals surface area contributed by atoms with E-state index in [0.29, 0.717) is 13.0 Å². The highest BCUT2D eigenvalue weighted by Crippen LogP contribution is 2.28. The molecule has 25 heavy (non-hydrogen) atoms. The fourth-order valence-corrected chi connectivity index (χ4v) is 4.07. The van der Waals surface area contributed by atoms with Crippen LogP contribution < -0.4 is 0 Å². The summed E-state index contributed by atoms with van der Waals surface area (Å²) in [5.41, 5.74) is 5.87. The molecule has 0 saturated heterocycles. The normalized spacial score (nSPS) is 11.0. The topological polar surface area (TPSA) is 39.2 Å². The Morgan fingerprint density at radius 1 is 1.12 bits per heavy atom. The first kappa shape index (κ1) is 17.6. The van der Waals surface area contributed by atoms with E-state index in [2.05, 4.69) is 47.6 Å². The van der Waals surface area contributed by atoms with Crippen molar-refractivity contribution in [2.45, 2.75) is 40.0 Å². The Morgan fingerprint density at radius 2 is 1.96 bits per heavy atom. The van der Waals surface area contributed by atoms with Crippen molar-refractivity contribution in [1.29, 1.82) is 0 Å². The van der Waals surface area contributed by atoms with E-state index in [0.717, 1.165) is 35.2 Å². The predicted octanol–water partition coefficient (Wildman–Crippen LogP) is 4.80. The summed E-state index contributed by atoms with van der Waals surface area (Å²) in [4.78, 5) is 16.3. The molecule has 0 saturated carbocycles. The minimum Gasteiger partial charge on any atom is -0.466 e. The van der Waals surface area contributed by atoms with E-state index in [1.165, 1.54) is 15.8 Å². The summed E-state index contributed by atoms with van der Waals surface area (Å²) in [6.45, 7) is 6.36. The standard InChI is InChI=1S/C21H23NO2S/c1-4-24-21(23)12-18-13-25-20-11-16(7-10-19(18)20)6-9-17-8-5-14(2)22-15(17)3/h5,7-8,10-11,13H,4,6,9,12H2,1-3H3. The first-order valence-corrected chi connectivity index (χ1v) is 9.52. The second-order valence-electron chi connectivity index (χ2n) is 6.27. The number of pyridine rings is 1. The molecule has 0 radical (unpaired) electrons. The van der Waals surface area contributed by atoms with Crippen LogP contribution in [0.25, 0.3) is 10.1 Å². The zero-order chi connectivity index (χ0) is 17.8. The third-order valence-electron chi connectivity index (χ3n) is 4.38. The number of aromatic nitrogens is 1. The highest BCUT2D eigenvalue weighted by molar-refractivity contribution is 7.17. The molecule has 3 nitrogen and oxygen atoms in total. The highest BCUT2D eigenvalue weighted by Gasteiger charge is 2.10. The molecule has 0 spiro atoms. The van der Waals surface area contributed by atoms with Gasteiger partial charge in [-0.3, -0.25) is 9.78 Å². The number of carbonyl (C=O) groups excluding carboxylic acids is 1. The van der Waals surface area contributed by atoms with Crippen molar-refractivity contribution >= 4 is 27.4 Å². The van der Waals surface area contributed by atoms with E-state index in [4.69, 9.17) is 4.74 Å². The van der Waals surface area contributed by atoms with Gasteiger partial charge in [-0.25, -0.2) is 0 Å². The van der Waals surface area contributed by atoms with Gasteiger partial charge in [-0.1, -0.05) is 18.2 Å². The average molecular weight is 353 g/mol. The molecule has 3 aromatic rings. The summed E-state index contributed by atoms with van der Waals surface area (Å²) >= 11 is 1.69. The number of esters is 1. The lowest BCUT2D eigenvalue weighted by Gasteiger charge is -2.07. The summed E-state index contributed by atoms with van der Waals surface area (Å²) in [5.74, 6) is -0.159. The molecule has 2 heterocycles. The number of thiophene rings is 1. The van der Waals surface area contributed by atoms with Gasteiger partial charge in [-0.2, -0.15) is 0 Å². The molecule has 0 unspecified atom stereocenters. The number of nitrogens with zero attached hydrogens (tertiary/aromatic N) is 1. The number of hydrogen-bond acceptors (Lipinski definition) is 4. The molecular weight excluding hydrogens is 330 g/mol. The lowest BCUT2D eigenvalue weighted by molar-refractivity contribution is -0.142. The second-order valence-corrected chi connectivity index (χ2v) is 7.18. The molecule has 0 bridgehead atoms. The molecule has 4 heteroatoms. The van der Waals surface area contributed by atoms with Crippen molar-refractivity contribution in [2.75, 3.05) is 6.61 Å². The molecule has 0 aliphatic carbocycles. The number of ether oxygens (including phenoxy) is 1. The van der Waals surface area contributed by atoms with Crippen LogP contribution in [0.1, 0.15) is 35.0 Å². The van der Waals surface area contributed by atoms with E-state index in [-0.39, 0.29) is 5.97 Å². The smallest absolute Gasteiger partial charge is 0.310 e. The fraction of sp³-hybridized carbons (Fsp3) is 0.333. The molecule has 2 aromatic heterocycles. The van der Waals surface area contributed by atoms with Gasteiger partial charge in [-0.05, 0) is 73.2 Å². The third-order valence-corrected chi connectivity index (χ3v) is 5.37. The van der Waals surface area contributed by atoms with Crippen molar-refractivity contribution in [3.63, 3.8) is 0 Å². The van der Waals surface area contributed by atoms with E-state index in [1.807, 2.05) is 13.8 Å².